The van der Waals surface area contributed by atoms with Crippen LogP contribution in [0.4, 0.5) is 8.78 Å². The highest BCUT2D eigenvalue weighted by molar-refractivity contribution is 5.98. The Morgan fingerprint density at radius 1 is 0.940 bits per heavy atom. The summed E-state index contributed by atoms with van der Waals surface area (Å²) in [6.07, 6.45) is 18.9. The molecule has 1 fully saturated rings. The van der Waals surface area contributed by atoms with Crippen molar-refractivity contribution in [3.8, 4) is 0 Å². The quantitative estimate of drug-likeness (QED) is 0.103. The third-order valence-corrected chi connectivity index (χ3v) is 7.77. The molecule has 3 N–H and O–H groups in total. The fraction of sp³-hybridized carbons (Fsp3) is 0.595. The minimum Gasteiger partial charge on any atom is -0.483 e. The van der Waals surface area contributed by atoms with Crippen LogP contribution in [0.25, 0.3) is 0 Å². The van der Waals surface area contributed by atoms with Crippen LogP contribution in [0.3, 0.4) is 0 Å². The molecule has 2 aromatic carbocycles. The van der Waals surface area contributed by atoms with Crippen molar-refractivity contribution in [3.63, 3.8) is 0 Å². The van der Waals surface area contributed by atoms with Gasteiger partial charge in [-0.25, -0.2) is 4.39 Å². The second-order valence-corrected chi connectivity index (χ2v) is 13.2. The first kappa shape index (κ1) is 51.0. The molecular formula is C42H71F2N3O3. The van der Waals surface area contributed by atoms with Crippen molar-refractivity contribution in [1.82, 2.24) is 4.90 Å². The van der Waals surface area contributed by atoms with Crippen LogP contribution in [0.15, 0.2) is 65.3 Å². The number of benzene rings is 2. The van der Waals surface area contributed by atoms with Gasteiger partial charge in [0.05, 0.1) is 13.2 Å². The number of carbonyl (C=O) groups is 2. The molecule has 6 nitrogen and oxygen atoms in total. The first-order valence-corrected chi connectivity index (χ1v) is 18.2. The first-order chi connectivity index (χ1) is 24.1. The fourth-order valence-corrected chi connectivity index (χ4v) is 5.03. The molecule has 1 atom stereocenters. The summed E-state index contributed by atoms with van der Waals surface area (Å²) >= 11 is 0. The van der Waals surface area contributed by atoms with Crippen molar-refractivity contribution >= 4 is 19.0 Å². The van der Waals surface area contributed by atoms with Crippen LogP contribution < -0.4 is 5.73 Å². The van der Waals surface area contributed by atoms with E-state index in [1.807, 2.05) is 19.8 Å². The van der Waals surface area contributed by atoms with Crippen molar-refractivity contribution in [1.29, 1.82) is 0 Å². The van der Waals surface area contributed by atoms with Gasteiger partial charge in [-0.05, 0) is 80.3 Å². The molecule has 0 bridgehead atoms. The van der Waals surface area contributed by atoms with E-state index in [9.17, 15) is 8.78 Å². The largest absolute Gasteiger partial charge is 0.483 e. The van der Waals surface area contributed by atoms with E-state index in [0.29, 0.717) is 25.3 Å². The zero-order valence-electron chi connectivity index (χ0n) is 32.9. The number of aryl methyl sites for hydroxylation is 1. The molecule has 8 heteroatoms. The summed E-state index contributed by atoms with van der Waals surface area (Å²) in [7, 11) is 2.00. The molecule has 1 aliphatic rings. The Labute approximate surface area is 304 Å². The van der Waals surface area contributed by atoms with Crippen LogP contribution in [0, 0.1) is 11.2 Å². The maximum absolute atomic E-state index is 13.6. The summed E-state index contributed by atoms with van der Waals surface area (Å²) in [5.74, 6) is -0.216. The summed E-state index contributed by atoms with van der Waals surface area (Å²) in [5.41, 5.74) is 11.0. The molecule has 3 rings (SSSR count). The SMILES string of the molecule is C=O.CCCCC(c1ccc(CCC)cc1)N(C=C1CC1)C/N=C(\C)c1cccc(F)c1.CCCCCCCC(C)(C)C.CF.CN.O=CO. The van der Waals surface area contributed by atoms with Crippen molar-refractivity contribution in [2.75, 3.05) is 20.9 Å². The number of nitrogens with zero attached hydrogens (tertiary/aromatic N) is 2. The van der Waals surface area contributed by atoms with E-state index >= 15 is 0 Å². The number of unbranched alkanes of at least 4 members (excludes halogenated alkanes) is 5. The van der Waals surface area contributed by atoms with Gasteiger partial charge in [-0.3, -0.25) is 14.2 Å². The smallest absolute Gasteiger partial charge is 0.290 e. The van der Waals surface area contributed by atoms with Gasteiger partial charge in [0.25, 0.3) is 6.47 Å². The van der Waals surface area contributed by atoms with E-state index in [2.05, 4.69) is 82.6 Å². The summed E-state index contributed by atoms with van der Waals surface area (Å²) in [6.45, 7) is 18.0. The lowest BCUT2D eigenvalue weighted by Gasteiger charge is -2.30. The Bertz CT molecular complexity index is 1130. The molecular weight excluding hydrogens is 632 g/mol. The highest BCUT2D eigenvalue weighted by atomic mass is 19.1. The summed E-state index contributed by atoms with van der Waals surface area (Å²) in [4.78, 5) is 23.6. The maximum atomic E-state index is 13.6. The van der Waals surface area contributed by atoms with Gasteiger partial charge in [0.1, 0.15) is 19.3 Å². The second kappa shape index (κ2) is 34.1. The fourth-order valence-electron chi connectivity index (χ4n) is 5.03. The van der Waals surface area contributed by atoms with E-state index < -0.39 is 0 Å². The molecule has 0 amide bonds. The maximum Gasteiger partial charge on any atom is 0.290 e. The van der Waals surface area contributed by atoms with Crippen molar-refractivity contribution in [2.45, 2.75) is 138 Å². The van der Waals surface area contributed by atoms with Gasteiger partial charge in [0.15, 0.2) is 0 Å². The zero-order valence-corrected chi connectivity index (χ0v) is 32.9. The zero-order chi connectivity index (χ0) is 38.8. The second-order valence-electron chi connectivity index (χ2n) is 13.2. The van der Waals surface area contributed by atoms with Gasteiger partial charge in [-0.2, -0.15) is 0 Å². The lowest BCUT2D eigenvalue weighted by Crippen LogP contribution is -2.25. The minimum absolute atomic E-state index is 0.216. The van der Waals surface area contributed by atoms with Crippen molar-refractivity contribution in [3.05, 3.63) is 82.8 Å². The summed E-state index contributed by atoms with van der Waals surface area (Å²) in [6, 6.07) is 16.2. The molecule has 2 aromatic rings. The highest BCUT2D eigenvalue weighted by Gasteiger charge is 2.21. The Morgan fingerprint density at radius 3 is 1.98 bits per heavy atom. The Morgan fingerprint density at radius 2 is 1.50 bits per heavy atom. The van der Waals surface area contributed by atoms with Gasteiger partial charge in [-0.15, -0.1) is 0 Å². The number of allylic oxidation sites excluding steroid dienone is 1. The standard InChI is InChI=1S/C27H35FN2.C11H24.CH3F.CH5N.CH2O2.CH2O/c1-4-6-11-27(24-16-14-22(8-5-2)15-17-24)30(19-23-12-13-23)20-29-21(3)25-9-7-10-26(28)18-25;1-5-6-7-8-9-10-11(2,3)4;2*1-2;2-1-3;1-2/h7,9-10,14-19,27H,4-6,8,11-13,20H2,1-3H3;5-10H2,1-4H3;1H3;2H2,1H3;1H,(H,2,3);1H2/b29-21+;;;;;. The van der Waals surface area contributed by atoms with Crippen LogP contribution >= 0.6 is 0 Å². The molecule has 0 saturated heterocycles. The molecule has 286 valence electrons. The van der Waals surface area contributed by atoms with Gasteiger partial charge in [0, 0.05) is 11.9 Å². The van der Waals surface area contributed by atoms with E-state index in [1.54, 1.807) is 12.1 Å². The minimum atomic E-state index is -0.250. The molecule has 1 unspecified atom stereocenters. The third-order valence-electron chi connectivity index (χ3n) is 7.77. The van der Waals surface area contributed by atoms with Gasteiger partial charge < -0.3 is 20.5 Å². The number of carbonyl (C=O) groups excluding carboxylic acids is 1. The van der Waals surface area contributed by atoms with E-state index in [1.165, 1.54) is 100 Å². The lowest BCUT2D eigenvalue weighted by atomic mass is 9.89. The number of carboxylic acid groups (broad SMARTS) is 1. The number of hydrogen-bond acceptors (Lipinski definition) is 5. The number of nitrogens with two attached hydrogens (primary N) is 1. The molecule has 0 heterocycles. The Hall–Kier alpha value is -3.39. The van der Waals surface area contributed by atoms with Gasteiger partial charge in [-0.1, -0.05) is 135 Å². The average Bonchev–Trinajstić information content (AvgIpc) is 3.95. The summed E-state index contributed by atoms with van der Waals surface area (Å²) in [5, 5.41) is 6.89. The molecule has 1 saturated carbocycles. The van der Waals surface area contributed by atoms with Crippen LogP contribution in [-0.2, 0) is 16.0 Å². The monoisotopic (exact) mass is 704 g/mol. The Kier molecular flexibility index (Phi) is 34.7. The van der Waals surface area contributed by atoms with E-state index in [4.69, 9.17) is 19.7 Å². The normalized spacial score (nSPS) is 11.9. The molecule has 1 aliphatic carbocycles. The summed E-state index contributed by atoms with van der Waals surface area (Å²) < 4.78 is 23.1. The van der Waals surface area contributed by atoms with E-state index in [0.717, 1.165) is 24.1 Å². The number of halogens is 2. The third kappa shape index (κ3) is 27.4. The van der Waals surface area contributed by atoms with Gasteiger partial charge >= 0.3 is 0 Å². The Balaban J connectivity index is -0.000000922. The van der Waals surface area contributed by atoms with Crippen LogP contribution in [-0.4, -0.2) is 49.9 Å². The van der Waals surface area contributed by atoms with Crippen molar-refractivity contribution < 1.29 is 23.5 Å². The molecule has 50 heavy (non-hydrogen) atoms. The molecule has 0 aromatic heterocycles. The van der Waals surface area contributed by atoms with Crippen LogP contribution in [0.5, 0.6) is 0 Å². The predicted octanol–water partition coefficient (Wildman–Crippen LogP) is 11.5. The predicted molar refractivity (Wildman–Crippen MR) is 211 cm³/mol. The number of aliphatic imine (C=N–C) groups is 1. The van der Waals surface area contributed by atoms with Crippen molar-refractivity contribution in [2.24, 2.45) is 16.1 Å². The lowest BCUT2D eigenvalue weighted by molar-refractivity contribution is -0.122. The number of alkyl halides is 1. The molecule has 0 radical (unpaired) electrons. The van der Waals surface area contributed by atoms with E-state index in [-0.39, 0.29) is 12.3 Å². The van der Waals surface area contributed by atoms with Gasteiger partial charge in [0.2, 0.25) is 0 Å². The topological polar surface area (TPSA) is 96.0 Å². The molecule has 0 aliphatic heterocycles. The van der Waals surface area contributed by atoms with Crippen LogP contribution in [0.1, 0.15) is 148 Å². The first-order valence-electron chi connectivity index (χ1n) is 18.2. The molecule has 0 spiro atoms. The highest BCUT2D eigenvalue weighted by Crippen LogP contribution is 2.33. The van der Waals surface area contributed by atoms with Crippen LogP contribution in [0.2, 0.25) is 0 Å². The average molecular weight is 704 g/mol. The number of rotatable bonds is 16. The number of hydrogen-bond donors (Lipinski definition) is 2.